The van der Waals surface area contributed by atoms with Gasteiger partial charge in [-0.15, -0.1) is 0 Å². The summed E-state index contributed by atoms with van der Waals surface area (Å²) in [5.74, 6) is -4.15. The highest BCUT2D eigenvalue weighted by Gasteiger charge is 2.30. The van der Waals surface area contributed by atoms with Gasteiger partial charge in [-0.25, -0.2) is 4.39 Å². The van der Waals surface area contributed by atoms with Gasteiger partial charge in [0.1, 0.15) is 18.1 Å². The molecule has 3 rings (SSSR count). The van der Waals surface area contributed by atoms with Crippen molar-refractivity contribution in [1.29, 1.82) is 0 Å². The third kappa shape index (κ3) is 7.43. The number of carbonyl (C=O) groups excluding carboxylic acids is 3. The molecule has 1 unspecified atom stereocenters. The summed E-state index contributed by atoms with van der Waals surface area (Å²) in [5, 5.41) is 10.8. The van der Waals surface area contributed by atoms with Crippen LogP contribution < -0.4 is 20.9 Å². The second-order valence-electron chi connectivity index (χ2n) is 9.03. The number of carbonyl (C=O) groups is 3. The molecular weight excluding hydrogens is 512 g/mol. The van der Waals surface area contributed by atoms with Crippen LogP contribution in [0.3, 0.4) is 0 Å². The first-order valence-electron chi connectivity index (χ1n) is 12.0. The fourth-order valence-electron chi connectivity index (χ4n) is 3.93. The Hall–Kier alpha value is -3.68. The topological polar surface area (TPSA) is 118 Å². The molecule has 1 aromatic carbocycles. The van der Waals surface area contributed by atoms with Crippen molar-refractivity contribution in [2.45, 2.75) is 38.9 Å². The Bertz CT molecular complexity index is 1160. The highest BCUT2D eigenvalue weighted by Crippen LogP contribution is 2.34. The molecule has 1 fully saturated rings. The average Bonchev–Trinajstić information content (AvgIpc) is 3.37. The van der Waals surface area contributed by atoms with E-state index in [1.165, 1.54) is 29.9 Å². The molecule has 0 saturated carbocycles. The van der Waals surface area contributed by atoms with Crippen molar-refractivity contribution in [2.24, 2.45) is 0 Å². The van der Waals surface area contributed by atoms with Crippen LogP contribution in [0.4, 0.5) is 28.9 Å². The molecule has 2 heterocycles. The van der Waals surface area contributed by atoms with E-state index in [9.17, 15) is 27.6 Å². The van der Waals surface area contributed by atoms with E-state index in [-0.39, 0.29) is 23.0 Å². The third-order valence-corrected chi connectivity index (χ3v) is 5.87. The number of hydrogen-bond acceptors (Lipinski definition) is 6. The smallest absolute Gasteiger partial charge is 0.378 e. The summed E-state index contributed by atoms with van der Waals surface area (Å²) >= 11 is 0. The van der Waals surface area contributed by atoms with Gasteiger partial charge in [0, 0.05) is 31.0 Å². The average molecular weight is 543 g/mol. The number of morpholine rings is 1. The van der Waals surface area contributed by atoms with Crippen molar-refractivity contribution in [2.75, 3.05) is 49.6 Å². The molecule has 0 radical (unpaired) electrons. The fraction of sp³-hybridized carbons (Fsp3) is 0.500. The number of hydrogen-bond donors (Lipinski definition) is 3. The molecule has 1 saturated heterocycles. The first-order valence-corrected chi connectivity index (χ1v) is 12.0. The summed E-state index contributed by atoms with van der Waals surface area (Å²) in [6, 6.07) is 3.78. The van der Waals surface area contributed by atoms with Crippen LogP contribution >= 0.6 is 0 Å². The first-order chi connectivity index (χ1) is 17.9. The molecule has 1 atom stereocenters. The highest BCUT2D eigenvalue weighted by atomic mass is 19.4. The Kier molecular flexibility index (Phi) is 9.31. The second kappa shape index (κ2) is 12.2. The number of rotatable bonds is 9. The van der Waals surface area contributed by atoms with Crippen molar-refractivity contribution in [3.8, 4) is 0 Å². The van der Waals surface area contributed by atoms with E-state index in [2.05, 4.69) is 15.7 Å². The van der Waals surface area contributed by atoms with E-state index in [4.69, 9.17) is 4.74 Å². The SMILES string of the molecule is CC(C(=O)NCC(F)(F)F)c1cc(F)c(NC(=O)CNC(=O)c2ccnn2C(C)C)cc1N1CCOCC1. The maximum absolute atomic E-state index is 15.1. The lowest BCUT2D eigenvalue weighted by molar-refractivity contribution is -0.139. The van der Waals surface area contributed by atoms with Gasteiger partial charge in [0.2, 0.25) is 11.8 Å². The van der Waals surface area contributed by atoms with Crippen molar-refractivity contribution >= 4 is 29.1 Å². The van der Waals surface area contributed by atoms with Crippen LogP contribution in [0.5, 0.6) is 0 Å². The van der Waals surface area contributed by atoms with E-state index in [0.29, 0.717) is 32.0 Å². The molecule has 0 aliphatic carbocycles. The number of nitrogens with zero attached hydrogens (tertiary/aromatic N) is 3. The molecule has 10 nitrogen and oxygen atoms in total. The van der Waals surface area contributed by atoms with Crippen LogP contribution in [0.15, 0.2) is 24.4 Å². The lowest BCUT2D eigenvalue weighted by Gasteiger charge is -2.32. The predicted octanol–water partition coefficient (Wildman–Crippen LogP) is 2.59. The summed E-state index contributed by atoms with van der Waals surface area (Å²) in [6.45, 7) is 4.59. The minimum absolute atomic E-state index is 0.0799. The van der Waals surface area contributed by atoms with E-state index >= 15 is 4.39 Å². The van der Waals surface area contributed by atoms with E-state index in [1.807, 2.05) is 19.2 Å². The standard InChI is InChI=1S/C24H30F4N6O4/c1-14(2)34-19(4-5-31-34)23(37)29-12-21(35)32-18-11-20(33-6-8-38-9-7-33)16(10-17(18)25)15(3)22(36)30-13-24(26,27)28/h4-5,10-11,14-15H,6-9,12-13H2,1-3H3,(H,29,37)(H,30,36)(H,32,35). The number of benzene rings is 1. The molecule has 3 N–H and O–H groups in total. The van der Waals surface area contributed by atoms with E-state index < -0.39 is 48.7 Å². The summed E-state index contributed by atoms with van der Waals surface area (Å²) in [7, 11) is 0. The van der Waals surface area contributed by atoms with Crippen LogP contribution in [0.25, 0.3) is 0 Å². The number of anilines is 2. The minimum Gasteiger partial charge on any atom is -0.378 e. The van der Waals surface area contributed by atoms with Gasteiger partial charge in [-0.05, 0) is 44.5 Å². The van der Waals surface area contributed by atoms with Crippen LogP contribution in [-0.4, -0.2) is 73.1 Å². The zero-order chi connectivity index (χ0) is 28.0. The Balaban J connectivity index is 1.77. The quantitative estimate of drug-likeness (QED) is 0.420. The number of aromatic nitrogens is 2. The van der Waals surface area contributed by atoms with Gasteiger partial charge in [-0.2, -0.15) is 18.3 Å². The van der Waals surface area contributed by atoms with Gasteiger partial charge in [0.15, 0.2) is 0 Å². The van der Waals surface area contributed by atoms with Crippen molar-refractivity contribution < 1.29 is 36.7 Å². The van der Waals surface area contributed by atoms with Crippen LogP contribution in [0, 0.1) is 5.82 Å². The number of ether oxygens (including phenoxy) is 1. The Morgan fingerprint density at radius 2 is 1.79 bits per heavy atom. The molecule has 38 heavy (non-hydrogen) atoms. The number of amides is 3. The molecule has 208 valence electrons. The summed E-state index contributed by atoms with van der Waals surface area (Å²) < 4.78 is 59.6. The summed E-state index contributed by atoms with van der Waals surface area (Å²) in [5.41, 5.74) is 0.599. The van der Waals surface area contributed by atoms with Gasteiger partial charge in [0.25, 0.3) is 5.91 Å². The van der Waals surface area contributed by atoms with Crippen molar-refractivity contribution in [1.82, 2.24) is 20.4 Å². The number of alkyl halides is 3. The van der Waals surface area contributed by atoms with Gasteiger partial charge in [-0.3, -0.25) is 19.1 Å². The predicted molar refractivity (Wildman–Crippen MR) is 130 cm³/mol. The molecule has 3 amide bonds. The molecule has 0 bridgehead atoms. The lowest BCUT2D eigenvalue weighted by atomic mass is 9.96. The number of halogens is 4. The highest BCUT2D eigenvalue weighted by molar-refractivity contribution is 5.99. The van der Waals surface area contributed by atoms with Crippen LogP contribution in [0.2, 0.25) is 0 Å². The summed E-state index contributed by atoms with van der Waals surface area (Å²) in [6.07, 6.45) is -3.13. The molecule has 14 heteroatoms. The van der Waals surface area contributed by atoms with Crippen molar-refractivity contribution in [3.63, 3.8) is 0 Å². The maximum atomic E-state index is 15.1. The maximum Gasteiger partial charge on any atom is 0.405 e. The van der Waals surface area contributed by atoms with E-state index in [0.717, 1.165) is 6.07 Å². The van der Waals surface area contributed by atoms with Gasteiger partial charge >= 0.3 is 6.18 Å². The minimum atomic E-state index is -4.59. The largest absolute Gasteiger partial charge is 0.405 e. The van der Waals surface area contributed by atoms with E-state index in [1.54, 1.807) is 4.90 Å². The molecule has 0 spiro atoms. The van der Waals surface area contributed by atoms with Crippen LogP contribution in [-0.2, 0) is 14.3 Å². The zero-order valence-electron chi connectivity index (χ0n) is 21.2. The zero-order valence-corrected chi connectivity index (χ0v) is 21.2. The fourth-order valence-corrected chi connectivity index (χ4v) is 3.93. The summed E-state index contributed by atoms with van der Waals surface area (Å²) in [4.78, 5) is 39.2. The lowest BCUT2D eigenvalue weighted by Crippen LogP contribution is -2.39. The first kappa shape index (κ1) is 28.9. The Morgan fingerprint density at radius 1 is 1.11 bits per heavy atom. The molecule has 1 aliphatic heterocycles. The van der Waals surface area contributed by atoms with Gasteiger partial charge in [-0.1, -0.05) is 0 Å². The normalized spacial score (nSPS) is 14.8. The van der Waals surface area contributed by atoms with Crippen LogP contribution in [0.1, 0.15) is 48.8 Å². The Morgan fingerprint density at radius 3 is 2.42 bits per heavy atom. The van der Waals surface area contributed by atoms with Gasteiger partial charge in [0.05, 0.1) is 31.4 Å². The third-order valence-electron chi connectivity index (χ3n) is 5.87. The molecule has 1 aromatic heterocycles. The van der Waals surface area contributed by atoms with Gasteiger partial charge < -0.3 is 25.6 Å². The molecule has 1 aliphatic rings. The monoisotopic (exact) mass is 542 g/mol. The Labute approximate surface area is 216 Å². The second-order valence-corrected chi connectivity index (χ2v) is 9.03. The molecule has 2 aromatic rings. The number of nitrogens with one attached hydrogen (secondary N) is 3. The van der Waals surface area contributed by atoms with Crippen molar-refractivity contribution in [3.05, 3.63) is 41.5 Å². The molecular formula is C24H30F4N6O4.